The highest BCUT2D eigenvalue weighted by atomic mass is 32.2. The minimum atomic E-state index is -0.0665. The molecular formula is C9H17N5S. The van der Waals surface area contributed by atoms with Crippen LogP contribution in [0.5, 0.6) is 0 Å². The van der Waals surface area contributed by atoms with Gasteiger partial charge in [-0.25, -0.2) is 0 Å². The third-order valence-electron chi connectivity index (χ3n) is 1.89. The molecule has 0 aromatic heterocycles. The van der Waals surface area contributed by atoms with E-state index in [1.807, 2.05) is 0 Å². The molecule has 0 radical (unpaired) electrons. The number of rotatable bonds is 9. The van der Waals surface area contributed by atoms with E-state index in [0.29, 0.717) is 6.54 Å². The van der Waals surface area contributed by atoms with E-state index in [0.717, 1.165) is 31.6 Å². The van der Waals surface area contributed by atoms with Crippen LogP contribution in [0.4, 0.5) is 0 Å². The summed E-state index contributed by atoms with van der Waals surface area (Å²) in [5.74, 6) is 1.10. The van der Waals surface area contributed by atoms with E-state index in [-0.39, 0.29) is 6.04 Å². The SMILES string of the molecule is CSCCCC(C#N)NCCCN=[N+]=[N-]. The van der Waals surface area contributed by atoms with Crippen LogP contribution < -0.4 is 5.32 Å². The van der Waals surface area contributed by atoms with Crippen molar-refractivity contribution in [2.45, 2.75) is 25.3 Å². The molecule has 0 aliphatic heterocycles. The van der Waals surface area contributed by atoms with Gasteiger partial charge in [-0.15, -0.1) is 0 Å². The summed E-state index contributed by atoms with van der Waals surface area (Å²) in [5.41, 5.74) is 8.05. The lowest BCUT2D eigenvalue weighted by atomic mass is 10.2. The van der Waals surface area contributed by atoms with Crippen LogP contribution >= 0.6 is 11.8 Å². The zero-order chi connectivity index (χ0) is 11.4. The summed E-state index contributed by atoms with van der Waals surface area (Å²) in [5, 5.41) is 15.4. The fraction of sp³-hybridized carbons (Fsp3) is 0.889. The van der Waals surface area contributed by atoms with Crippen LogP contribution in [0.25, 0.3) is 10.4 Å². The second-order valence-electron chi connectivity index (χ2n) is 3.08. The van der Waals surface area contributed by atoms with E-state index in [4.69, 9.17) is 10.8 Å². The molecule has 0 bridgehead atoms. The van der Waals surface area contributed by atoms with Crippen molar-refractivity contribution in [3.63, 3.8) is 0 Å². The van der Waals surface area contributed by atoms with Gasteiger partial charge in [-0.2, -0.15) is 17.0 Å². The Bertz CT molecular complexity index is 231. The number of azide groups is 1. The number of nitrogens with one attached hydrogen (secondary N) is 1. The lowest BCUT2D eigenvalue weighted by Crippen LogP contribution is -2.28. The molecule has 0 saturated carbocycles. The Hall–Kier alpha value is -0.890. The van der Waals surface area contributed by atoms with Crippen LogP contribution in [-0.4, -0.2) is 31.1 Å². The first-order valence-corrected chi connectivity index (χ1v) is 6.37. The summed E-state index contributed by atoms with van der Waals surface area (Å²) >= 11 is 1.80. The van der Waals surface area contributed by atoms with Gasteiger partial charge >= 0.3 is 0 Å². The van der Waals surface area contributed by atoms with E-state index in [1.165, 1.54) is 0 Å². The monoisotopic (exact) mass is 227 g/mol. The molecule has 84 valence electrons. The minimum absolute atomic E-state index is 0.0665. The summed E-state index contributed by atoms with van der Waals surface area (Å²) in [4.78, 5) is 2.66. The van der Waals surface area contributed by atoms with Gasteiger partial charge in [-0.1, -0.05) is 5.11 Å². The molecule has 1 N–H and O–H groups in total. The molecule has 1 atom stereocenters. The number of nitriles is 1. The van der Waals surface area contributed by atoms with Gasteiger partial charge in [0.15, 0.2) is 0 Å². The second kappa shape index (κ2) is 11.2. The van der Waals surface area contributed by atoms with E-state index in [2.05, 4.69) is 27.7 Å². The van der Waals surface area contributed by atoms with Crippen molar-refractivity contribution in [1.82, 2.24) is 5.32 Å². The molecule has 15 heavy (non-hydrogen) atoms. The minimum Gasteiger partial charge on any atom is -0.302 e. The number of hydrogen-bond donors (Lipinski definition) is 1. The van der Waals surface area contributed by atoms with E-state index < -0.39 is 0 Å². The van der Waals surface area contributed by atoms with Crippen molar-refractivity contribution in [3.05, 3.63) is 10.4 Å². The predicted molar refractivity (Wildman–Crippen MR) is 63.6 cm³/mol. The van der Waals surface area contributed by atoms with Crippen molar-refractivity contribution >= 4 is 11.8 Å². The highest BCUT2D eigenvalue weighted by molar-refractivity contribution is 7.98. The average Bonchev–Trinajstić information content (AvgIpc) is 2.26. The van der Waals surface area contributed by atoms with Crippen LogP contribution in [0.1, 0.15) is 19.3 Å². The topological polar surface area (TPSA) is 84.6 Å². The molecule has 0 aromatic rings. The van der Waals surface area contributed by atoms with Crippen LogP contribution in [-0.2, 0) is 0 Å². The Morgan fingerprint density at radius 2 is 2.40 bits per heavy atom. The zero-order valence-electron chi connectivity index (χ0n) is 9.02. The lowest BCUT2D eigenvalue weighted by Gasteiger charge is -2.09. The second-order valence-corrected chi connectivity index (χ2v) is 4.06. The maximum atomic E-state index is 8.83. The molecule has 6 heteroatoms. The number of nitrogens with zero attached hydrogens (tertiary/aromatic N) is 4. The van der Waals surface area contributed by atoms with Crippen molar-refractivity contribution in [1.29, 1.82) is 5.26 Å². The highest BCUT2D eigenvalue weighted by Gasteiger charge is 2.04. The van der Waals surface area contributed by atoms with Crippen molar-refractivity contribution in [2.75, 3.05) is 25.1 Å². The van der Waals surface area contributed by atoms with Gasteiger partial charge in [0.25, 0.3) is 0 Å². The fourth-order valence-electron chi connectivity index (χ4n) is 1.11. The Morgan fingerprint density at radius 1 is 1.60 bits per heavy atom. The summed E-state index contributed by atoms with van der Waals surface area (Å²) in [6.07, 6.45) is 4.79. The smallest absolute Gasteiger partial charge is 0.0953 e. The van der Waals surface area contributed by atoms with Crippen LogP contribution in [0.15, 0.2) is 5.11 Å². The standard InChI is InChI=1S/C9H17N5S/c1-15-7-2-4-9(8-10)12-5-3-6-13-14-11/h9,12H,2-7H2,1H3. The van der Waals surface area contributed by atoms with Crippen LogP contribution in [0, 0.1) is 11.3 Å². The molecule has 0 heterocycles. The van der Waals surface area contributed by atoms with Gasteiger partial charge < -0.3 is 5.32 Å². The predicted octanol–water partition coefficient (Wildman–Crippen LogP) is 2.31. The van der Waals surface area contributed by atoms with E-state index >= 15 is 0 Å². The first-order chi connectivity index (χ1) is 7.35. The summed E-state index contributed by atoms with van der Waals surface area (Å²) in [6.45, 7) is 1.23. The fourth-order valence-corrected chi connectivity index (χ4v) is 1.57. The van der Waals surface area contributed by atoms with Crippen molar-refractivity contribution < 1.29 is 0 Å². The molecule has 1 unspecified atom stereocenters. The maximum Gasteiger partial charge on any atom is 0.0953 e. The molecule has 0 spiro atoms. The van der Waals surface area contributed by atoms with Crippen LogP contribution in [0.2, 0.25) is 0 Å². The van der Waals surface area contributed by atoms with E-state index in [1.54, 1.807) is 11.8 Å². The van der Waals surface area contributed by atoms with Gasteiger partial charge in [-0.05, 0) is 43.3 Å². The van der Waals surface area contributed by atoms with Crippen LogP contribution in [0.3, 0.4) is 0 Å². The molecular weight excluding hydrogens is 210 g/mol. The Balaban J connectivity index is 3.45. The first-order valence-electron chi connectivity index (χ1n) is 4.98. The Kier molecular flexibility index (Phi) is 10.5. The first kappa shape index (κ1) is 14.1. The summed E-state index contributed by atoms with van der Waals surface area (Å²) < 4.78 is 0. The normalized spacial score (nSPS) is 11.5. The van der Waals surface area contributed by atoms with Crippen molar-refractivity contribution in [3.8, 4) is 6.07 Å². The third kappa shape index (κ3) is 9.42. The van der Waals surface area contributed by atoms with Crippen molar-refractivity contribution in [2.24, 2.45) is 5.11 Å². The largest absolute Gasteiger partial charge is 0.302 e. The molecule has 0 aromatic carbocycles. The number of thioether (sulfide) groups is 1. The maximum absolute atomic E-state index is 8.83. The quantitative estimate of drug-likeness (QED) is 0.284. The van der Waals surface area contributed by atoms with Gasteiger partial charge in [0.1, 0.15) is 0 Å². The molecule has 0 saturated heterocycles. The Labute approximate surface area is 94.9 Å². The number of hydrogen-bond acceptors (Lipinski definition) is 4. The lowest BCUT2D eigenvalue weighted by molar-refractivity contribution is 0.550. The summed E-state index contributed by atoms with van der Waals surface area (Å²) in [6, 6.07) is 2.16. The molecule has 0 aliphatic rings. The highest BCUT2D eigenvalue weighted by Crippen LogP contribution is 2.02. The average molecular weight is 227 g/mol. The van der Waals surface area contributed by atoms with Gasteiger partial charge in [0.05, 0.1) is 12.1 Å². The van der Waals surface area contributed by atoms with Gasteiger partial charge in [0.2, 0.25) is 0 Å². The third-order valence-corrected chi connectivity index (χ3v) is 2.58. The van der Waals surface area contributed by atoms with Gasteiger partial charge in [0, 0.05) is 11.5 Å². The molecule has 5 nitrogen and oxygen atoms in total. The van der Waals surface area contributed by atoms with E-state index in [9.17, 15) is 0 Å². The zero-order valence-corrected chi connectivity index (χ0v) is 9.83. The molecule has 0 fully saturated rings. The summed E-state index contributed by atoms with van der Waals surface area (Å²) in [7, 11) is 0. The molecule has 0 aliphatic carbocycles. The molecule has 0 rings (SSSR count). The van der Waals surface area contributed by atoms with Gasteiger partial charge in [-0.3, -0.25) is 0 Å². The Morgan fingerprint density at radius 3 is 3.00 bits per heavy atom. The molecule has 0 amide bonds.